The molecule has 0 aromatic carbocycles. The summed E-state index contributed by atoms with van der Waals surface area (Å²) >= 11 is 0. The van der Waals surface area contributed by atoms with Crippen molar-refractivity contribution in [1.29, 1.82) is 0 Å². The molecule has 0 aliphatic heterocycles. The highest BCUT2D eigenvalue weighted by Gasteiger charge is 2.41. The summed E-state index contributed by atoms with van der Waals surface area (Å²) in [5, 5.41) is 0. The van der Waals surface area contributed by atoms with Crippen LogP contribution >= 0.6 is 0 Å². The normalized spacial score (nSPS) is 24.0. The highest BCUT2D eigenvalue weighted by molar-refractivity contribution is 4.97. The van der Waals surface area contributed by atoms with E-state index in [4.69, 9.17) is 15.2 Å². The van der Waals surface area contributed by atoms with Crippen LogP contribution in [0.2, 0.25) is 0 Å². The van der Waals surface area contributed by atoms with E-state index in [-0.39, 0.29) is 11.6 Å². The van der Waals surface area contributed by atoms with Gasteiger partial charge in [-0.1, -0.05) is 19.8 Å². The van der Waals surface area contributed by atoms with Crippen molar-refractivity contribution in [3.8, 4) is 0 Å². The number of rotatable bonds is 6. The minimum absolute atomic E-state index is 0.0623. The lowest BCUT2D eigenvalue weighted by Gasteiger charge is -2.37. The van der Waals surface area contributed by atoms with Gasteiger partial charge in [-0.25, -0.2) is 0 Å². The van der Waals surface area contributed by atoms with Crippen molar-refractivity contribution >= 4 is 0 Å². The summed E-state index contributed by atoms with van der Waals surface area (Å²) in [6.07, 6.45) is 5.74. The van der Waals surface area contributed by atoms with E-state index in [0.717, 1.165) is 25.9 Å². The van der Waals surface area contributed by atoms with Gasteiger partial charge in [0.1, 0.15) is 0 Å². The summed E-state index contributed by atoms with van der Waals surface area (Å²) in [5.74, 6) is 0.461. The zero-order chi connectivity index (χ0) is 11.3. The van der Waals surface area contributed by atoms with Crippen molar-refractivity contribution in [3.63, 3.8) is 0 Å². The molecule has 0 aromatic heterocycles. The summed E-state index contributed by atoms with van der Waals surface area (Å²) in [7, 11) is 3.54. The van der Waals surface area contributed by atoms with Crippen LogP contribution in [0.4, 0.5) is 0 Å². The van der Waals surface area contributed by atoms with Crippen molar-refractivity contribution in [2.24, 2.45) is 11.7 Å². The van der Waals surface area contributed by atoms with Crippen LogP contribution in [0.3, 0.4) is 0 Å². The van der Waals surface area contributed by atoms with Gasteiger partial charge in [0.25, 0.3) is 0 Å². The van der Waals surface area contributed by atoms with Gasteiger partial charge < -0.3 is 15.2 Å². The summed E-state index contributed by atoms with van der Waals surface area (Å²) in [4.78, 5) is 0. The molecule has 1 rings (SSSR count). The monoisotopic (exact) mass is 215 g/mol. The second-order valence-electron chi connectivity index (χ2n) is 4.76. The molecule has 0 heterocycles. The van der Waals surface area contributed by atoms with Gasteiger partial charge in [-0.05, 0) is 25.2 Å². The number of hydrogen-bond acceptors (Lipinski definition) is 3. The second-order valence-corrected chi connectivity index (χ2v) is 4.76. The van der Waals surface area contributed by atoms with E-state index in [2.05, 4.69) is 6.92 Å². The molecule has 15 heavy (non-hydrogen) atoms. The second kappa shape index (κ2) is 5.83. The lowest BCUT2D eigenvalue weighted by Crippen LogP contribution is -2.51. The summed E-state index contributed by atoms with van der Waals surface area (Å²) in [5.41, 5.74) is 6.27. The average molecular weight is 215 g/mol. The zero-order valence-electron chi connectivity index (χ0n) is 10.3. The molecule has 1 aliphatic rings. The van der Waals surface area contributed by atoms with Crippen molar-refractivity contribution in [2.45, 2.75) is 50.7 Å². The molecule has 2 N–H and O–H groups in total. The van der Waals surface area contributed by atoms with E-state index in [9.17, 15) is 0 Å². The Morgan fingerprint density at radius 1 is 1.27 bits per heavy atom. The van der Waals surface area contributed by atoms with Crippen LogP contribution in [-0.4, -0.2) is 32.5 Å². The summed E-state index contributed by atoms with van der Waals surface area (Å²) in [6, 6.07) is 0.139. The molecule has 0 bridgehead atoms. The van der Waals surface area contributed by atoms with Crippen molar-refractivity contribution in [1.82, 2.24) is 0 Å². The third-order valence-corrected chi connectivity index (χ3v) is 3.85. The molecule has 1 saturated carbocycles. The molecular weight excluding hydrogens is 190 g/mol. The molecule has 0 radical (unpaired) electrons. The van der Waals surface area contributed by atoms with Gasteiger partial charge in [0.05, 0.1) is 5.60 Å². The van der Waals surface area contributed by atoms with Crippen molar-refractivity contribution in [3.05, 3.63) is 0 Å². The van der Waals surface area contributed by atoms with Gasteiger partial charge in [0.2, 0.25) is 0 Å². The molecule has 0 saturated heterocycles. The van der Waals surface area contributed by atoms with Gasteiger partial charge in [-0.2, -0.15) is 0 Å². The van der Waals surface area contributed by atoms with Gasteiger partial charge in [0, 0.05) is 26.9 Å². The van der Waals surface area contributed by atoms with Crippen LogP contribution < -0.4 is 5.73 Å². The van der Waals surface area contributed by atoms with E-state index in [1.165, 1.54) is 12.8 Å². The molecule has 2 atom stereocenters. The Kier molecular flexibility index (Phi) is 5.03. The zero-order valence-corrected chi connectivity index (χ0v) is 10.3. The number of nitrogens with two attached hydrogens (primary N) is 1. The van der Waals surface area contributed by atoms with E-state index in [1.54, 1.807) is 14.2 Å². The maximum absolute atomic E-state index is 6.33. The Labute approximate surface area is 93.3 Å². The lowest BCUT2D eigenvalue weighted by atomic mass is 9.83. The van der Waals surface area contributed by atoms with Crippen molar-refractivity contribution in [2.75, 3.05) is 20.8 Å². The summed E-state index contributed by atoms with van der Waals surface area (Å²) in [6.45, 7) is 2.98. The Morgan fingerprint density at radius 3 is 2.33 bits per heavy atom. The van der Waals surface area contributed by atoms with Crippen LogP contribution in [0.25, 0.3) is 0 Å². The van der Waals surface area contributed by atoms with Crippen LogP contribution in [0, 0.1) is 5.92 Å². The SMILES string of the molecule is COCCC(C)C(N)C1(OC)CCCC1. The Balaban J connectivity index is 2.51. The first-order valence-electron chi connectivity index (χ1n) is 5.96. The average Bonchev–Trinajstić information content (AvgIpc) is 2.74. The van der Waals surface area contributed by atoms with Crippen LogP contribution in [0.5, 0.6) is 0 Å². The highest BCUT2D eigenvalue weighted by Crippen LogP contribution is 2.37. The van der Waals surface area contributed by atoms with Crippen LogP contribution in [-0.2, 0) is 9.47 Å². The van der Waals surface area contributed by atoms with Crippen LogP contribution in [0.15, 0.2) is 0 Å². The quantitative estimate of drug-likeness (QED) is 0.736. The van der Waals surface area contributed by atoms with Gasteiger partial charge in [-0.3, -0.25) is 0 Å². The molecule has 90 valence electrons. The summed E-state index contributed by atoms with van der Waals surface area (Å²) < 4.78 is 10.8. The molecule has 0 aromatic rings. The third kappa shape index (κ3) is 2.92. The third-order valence-electron chi connectivity index (χ3n) is 3.85. The molecule has 1 aliphatic carbocycles. The molecule has 3 nitrogen and oxygen atoms in total. The Morgan fingerprint density at radius 2 is 1.87 bits per heavy atom. The van der Waals surface area contributed by atoms with E-state index >= 15 is 0 Å². The number of methoxy groups -OCH3 is 2. The smallest absolute Gasteiger partial charge is 0.0831 e. The number of hydrogen-bond donors (Lipinski definition) is 1. The molecule has 0 spiro atoms. The van der Waals surface area contributed by atoms with Gasteiger partial charge in [-0.15, -0.1) is 0 Å². The molecule has 1 fully saturated rings. The lowest BCUT2D eigenvalue weighted by molar-refractivity contribution is -0.0412. The first-order chi connectivity index (χ1) is 7.16. The van der Waals surface area contributed by atoms with Gasteiger partial charge >= 0.3 is 0 Å². The minimum Gasteiger partial charge on any atom is -0.385 e. The fourth-order valence-corrected chi connectivity index (χ4v) is 2.65. The maximum atomic E-state index is 6.33. The predicted octanol–water partition coefficient (Wildman–Crippen LogP) is 1.95. The molecule has 0 amide bonds. The fourth-order valence-electron chi connectivity index (χ4n) is 2.65. The maximum Gasteiger partial charge on any atom is 0.0831 e. The Bertz CT molecular complexity index is 178. The standard InChI is InChI=1S/C12H25NO2/c1-10(6-9-14-2)11(13)12(15-3)7-4-5-8-12/h10-11H,4-9,13H2,1-3H3. The Hall–Kier alpha value is -0.120. The van der Waals surface area contributed by atoms with E-state index in [0.29, 0.717) is 5.92 Å². The predicted molar refractivity (Wildman–Crippen MR) is 61.8 cm³/mol. The first kappa shape index (κ1) is 12.9. The fraction of sp³-hybridized carbons (Fsp3) is 1.00. The highest BCUT2D eigenvalue weighted by atomic mass is 16.5. The van der Waals surface area contributed by atoms with Crippen LogP contribution in [0.1, 0.15) is 39.0 Å². The van der Waals surface area contributed by atoms with E-state index in [1.807, 2.05) is 0 Å². The first-order valence-corrected chi connectivity index (χ1v) is 5.96. The largest absolute Gasteiger partial charge is 0.385 e. The topological polar surface area (TPSA) is 44.5 Å². The van der Waals surface area contributed by atoms with Crippen molar-refractivity contribution < 1.29 is 9.47 Å². The van der Waals surface area contributed by atoms with E-state index < -0.39 is 0 Å². The minimum atomic E-state index is -0.0623. The molecular formula is C12H25NO2. The number of ether oxygens (including phenoxy) is 2. The molecule has 2 unspecified atom stereocenters. The van der Waals surface area contributed by atoms with Gasteiger partial charge in [0.15, 0.2) is 0 Å². The molecule has 3 heteroatoms.